The SMILES string of the molecule is CC(C)c1ccc(C(NC(=O)C2CCN(S(=O)(=O)c3ccc(C#N)cc3)CC2)C(C)C)cc1. The number of nitrogens with zero attached hydrogens (tertiary/aromatic N) is 2. The molecule has 1 atom stereocenters. The van der Waals surface area contributed by atoms with E-state index in [2.05, 4.69) is 57.3 Å². The summed E-state index contributed by atoms with van der Waals surface area (Å²) in [5.74, 6) is 0.457. The van der Waals surface area contributed by atoms with Crippen LogP contribution in [0.2, 0.25) is 0 Å². The summed E-state index contributed by atoms with van der Waals surface area (Å²) < 4.78 is 27.3. The van der Waals surface area contributed by atoms with Crippen molar-refractivity contribution >= 4 is 15.9 Å². The number of rotatable bonds is 7. The molecule has 6 nitrogen and oxygen atoms in total. The minimum atomic E-state index is -3.63. The molecule has 2 aromatic rings. The number of benzene rings is 2. The minimum Gasteiger partial charge on any atom is -0.349 e. The molecular formula is C26H33N3O3S. The average Bonchev–Trinajstić information content (AvgIpc) is 2.82. The zero-order valence-electron chi connectivity index (χ0n) is 19.8. The fourth-order valence-corrected chi connectivity index (χ4v) is 5.67. The monoisotopic (exact) mass is 467 g/mol. The van der Waals surface area contributed by atoms with E-state index >= 15 is 0 Å². The Morgan fingerprint density at radius 1 is 0.970 bits per heavy atom. The molecule has 0 aromatic heterocycles. The standard InChI is InChI=1S/C26H33N3O3S/c1-18(2)21-7-9-22(10-8-21)25(19(3)4)28-26(30)23-13-15-29(16-14-23)33(31,32)24-11-5-20(17-27)6-12-24/h5-12,18-19,23,25H,13-16H2,1-4H3,(H,28,30). The van der Waals surface area contributed by atoms with Crippen LogP contribution in [-0.2, 0) is 14.8 Å². The summed E-state index contributed by atoms with van der Waals surface area (Å²) in [6, 6.07) is 16.3. The van der Waals surface area contributed by atoms with Crippen molar-refractivity contribution in [2.75, 3.05) is 13.1 Å². The van der Waals surface area contributed by atoms with E-state index in [1.165, 1.54) is 34.1 Å². The molecule has 0 saturated carbocycles. The van der Waals surface area contributed by atoms with E-state index < -0.39 is 10.0 Å². The summed E-state index contributed by atoms with van der Waals surface area (Å²) in [5, 5.41) is 12.1. The highest BCUT2D eigenvalue weighted by Gasteiger charge is 2.33. The van der Waals surface area contributed by atoms with Gasteiger partial charge in [-0.3, -0.25) is 4.79 Å². The van der Waals surface area contributed by atoms with Crippen molar-refractivity contribution in [1.29, 1.82) is 5.26 Å². The molecule has 2 aromatic carbocycles. The highest BCUT2D eigenvalue weighted by Crippen LogP contribution is 2.28. The van der Waals surface area contributed by atoms with Crippen LogP contribution in [0.1, 0.15) is 69.2 Å². The molecule has 1 aliphatic rings. The maximum atomic E-state index is 13.0. The molecule has 0 radical (unpaired) electrons. The highest BCUT2D eigenvalue weighted by atomic mass is 32.2. The number of hydrogen-bond donors (Lipinski definition) is 1. The molecule has 7 heteroatoms. The molecule has 3 rings (SSSR count). The largest absolute Gasteiger partial charge is 0.349 e. The predicted molar refractivity (Wildman–Crippen MR) is 129 cm³/mol. The van der Waals surface area contributed by atoms with Crippen LogP contribution in [0.15, 0.2) is 53.4 Å². The molecule has 1 saturated heterocycles. The smallest absolute Gasteiger partial charge is 0.243 e. The van der Waals surface area contributed by atoms with Gasteiger partial charge in [-0.15, -0.1) is 0 Å². The number of carbonyl (C=O) groups excluding carboxylic acids is 1. The van der Waals surface area contributed by atoms with Crippen LogP contribution in [0, 0.1) is 23.2 Å². The van der Waals surface area contributed by atoms with E-state index in [4.69, 9.17) is 5.26 Å². The Hall–Kier alpha value is -2.69. The van der Waals surface area contributed by atoms with Crippen LogP contribution >= 0.6 is 0 Å². The van der Waals surface area contributed by atoms with Crippen molar-refractivity contribution < 1.29 is 13.2 Å². The predicted octanol–water partition coefficient (Wildman–Crippen LogP) is 4.60. The van der Waals surface area contributed by atoms with Crippen molar-refractivity contribution in [1.82, 2.24) is 9.62 Å². The quantitative estimate of drug-likeness (QED) is 0.644. The second-order valence-corrected chi connectivity index (χ2v) is 11.3. The first-order chi connectivity index (χ1) is 15.6. The summed E-state index contributed by atoms with van der Waals surface area (Å²) in [4.78, 5) is 13.2. The lowest BCUT2D eigenvalue weighted by Gasteiger charge is -2.32. The summed E-state index contributed by atoms with van der Waals surface area (Å²) >= 11 is 0. The van der Waals surface area contributed by atoms with Crippen molar-refractivity contribution in [3.05, 3.63) is 65.2 Å². The average molecular weight is 468 g/mol. The van der Waals surface area contributed by atoms with Crippen LogP contribution in [0.4, 0.5) is 0 Å². The molecule has 1 fully saturated rings. The van der Waals surface area contributed by atoms with Gasteiger partial charge in [0.1, 0.15) is 0 Å². The fourth-order valence-electron chi connectivity index (χ4n) is 4.20. The van der Waals surface area contributed by atoms with Gasteiger partial charge in [0.2, 0.25) is 15.9 Å². The fraction of sp³-hybridized carbons (Fsp3) is 0.462. The van der Waals surface area contributed by atoms with E-state index in [0.717, 1.165) is 5.56 Å². The highest BCUT2D eigenvalue weighted by molar-refractivity contribution is 7.89. The van der Waals surface area contributed by atoms with E-state index in [1.807, 2.05) is 6.07 Å². The van der Waals surface area contributed by atoms with E-state index in [1.54, 1.807) is 0 Å². The lowest BCUT2D eigenvalue weighted by molar-refractivity contribution is -0.127. The molecule has 1 amide bonds. The number of nitriles is 1. The molecule has 1 N–H and O–H groups in total. The molecular weight excluding hydrogens is 434 g/mol. The van der Waals surface area contributed by atoms with Gasteiger partial charge >= 0.3 is 0 Å². The molecule has 33 heavy (non-hydrogen) atoms. The van der Waals surface area contributed by atoms with Gasteiger partial charge in [0.25, 0.3) is 0 Å². The third-order valence-electron chi connectivity index (χ3n) is 6.37. The number of piperidine rings is 1. The maximum absolute atomic E-state index is 13.0. The van der Waals surface area contributed by atoms with Gasteiger partial charge in [-0.2, -0.15) is 9.57 Å². The minimum absolute atomic E-state index is 0.0166. The zero-order chi connectivity index (χ0) is 24.2. The number of carbonyl (C=O) groups is 1. The zero-order valence-corrected chi connectivity index (χ0v) is 20.6. The first-order valence-electron chi connectivity index (χ1n) is 11.5. The Morgan fingerprint density at radius 3 is 2.00 bits per heavy atom. The van der Waals surface area contributed by atoms with Gasteiger partial charge in [-0.1, -0.05) is 52.0 Å². The third kappa shape index (κ3) is 5.82. The van der Waals surface area contributed by atoms with Gasteiger partial charge in [-0.05, 0) is 60.1 Å². The Balaban J connectivity index is 1.63. The molecule has 1 unspecified atom stereocenters. The Morgan fingerprint density at radius 2 is 1.52 bits per heavy atom. The van der Waals surface area contributed by atoms with Crippen LogP contribution in [0.3, 0.4) is 0 Å². The topological polar surface area (TPSA) is 90.3 Å². The Kier molecular flexibility index (Phi) is 7.93. The van der Waals surface area contributed by atoms with E-state index in [9.17, 15) is 13.2 Å². The number of hydrogen-bond acceptors (Lipinski definition) is 4. The van der Waals surface area contributed by atoms with Gasteiger partial charge in [0.15, 0.2) is 0 Å². The molecule has 1 aliphatic heterocycles. The van der Waals surface area contributed by atoms with Gasteiger partial charge < -0.3 is 5.32 Å². The van der Waals surface area contributed by atoms with Crippen LogP contribution in [0.25, 0.3) is 0 Å². The molecule has 176 valence electrons. The summed E-state index contributed by atoms with van der Waals surface area (Å²) in [6.45, 7) is 9.10. The Bertz CT molecular complexity index is 1090. The third-order valence-corrected chi connectivity index (χ3v) is 8.29. The lowest BCUT2D eigenvalue weighted by atomic mass is 9.91. The van der Waals surface area contributed by atoms with Gasteiger partial charge in [-0.25, -0.2) is 8.42 Å². The first kappa shape index (κ1) is 24.9. The van der Waals surface area contributed by atoms with E-state index in [0.29, 0.717) is 37.4 Å². The summed E-state index contributed by atoms with van der Waals surface area (Å²) in [7, 11) is -3.63. The number of amides is 1. The number of sulfonamides is 1. The van der Waals surface area contributed by atoms with Crippen molar-refractivity contribution in [2.24, 2.45) is 11.8 Å². The molecule has 0 spiro atoms. The molecule has 0 bridgehead atoms. The second-order valence-electron chi connectivity index (χ2n) is 9.37. The molecule has 0 aliphatic carbocycles. The molecule has 1 heterocycles. The van der Waals surface area contributed by atoms with Crippen LogP contribution in [-0.4, -0.2) is 31.7 Å². The second kappa shape index (κ2) is 10.5. The first-order valence-corrected chi connectivity index (χ1v) is 13.0. The van der Waals surface area contributed by atoms with Gasteiger partial charge in [0.05, 0.1) is 22.6 Å². The summed E-state index contributed by atoms with van der Waals surface area (Å²) in [6.07, 6.45) is 0.969. The van der Waals surface area contributed by atoms with Crippen molar-refractivity contribution in [3.8, 4) is 6.07 Å². The van der Waals surface area contributed by atoms with Crippen molar-refractivity contribution in [3.63, 3.8) is 0 Å². The maximum Gasteiger partial charge on any atom is 0.243 e. The Labute approximate surface area is 197 Å². The summed E-state index contributed by atoms with van der Waals surface area (Å²) in [5.41, 5.74) is 2.77. The van der Waals surface area contributed by atoms with E-state index in [-0.39, 0.29) is 28.7 Å². The van der Waals surface area contributed by atoms with Crippen LogP contribution in [0.5, 0.6) is 0 Å². The van der Waals surface area contributed by atoms with Crippen molar-refractivity contribution in [2.45, 2.75) is 57.4 Å². The number of nitrogens with one attached hydrogen (secondary N) is 1. The van der Waals surface area contributed by atoms with Crippen LogP contribution < -0.4 is 5.32 Å². The normalized spacial score (nSPS) is 16.5. The lowest BCUT2D eigenvalue weighted by Crippen LogP contribution is -2.44. The van der Waals surface area contributed by atoms with Gasteiger partial charge in [0, 0.05) is 19.0 Å².